The Balaban J connectivity index is 1.15. The third-order valence-corrected chi connectivity index (χ3v) is 6.13. The molecule has 0 bridgehead atoms. The number of fused-ring (bicyclic) bond motifs is 2. The van der Waals surface area contributed by atoms with E-state index in [1.807, 2.05) is 0 Å². The Morgan fingerprint density at radius 1 is 0.658 bits per heavy atom. The topological polar surface area (TPSA) is 119 Å². The van der Waals surface area contributed by atoms with Crippen molar-refractivity contribution in [3.05, 3.63) is 119 Å². The number of ether oxygens (including phenoxy) is 2. The normalized spacial score (nSPS) is 13.7. The van der Waals surface area contributed by atoms with E-state index in [2.05, 4.69) is 10.1 Å². The highest BCUT2D eigenvalue weighted by molar-refractivity contribution is 6.34. The van der Waals surface area contributed by atoms with Gasteiger partial charge in [-0.2, -0.15) is 0 Å². The molecule has 1 N–H and O–H groups in total. The molecule has 0 atom stereocenters. The monoisotopic (exact) mass is 504 g/mol. The molecule has 3 amide bonds. The van der Waals surface area contributed by atoms with Crippen molar-refractivity contribution in [1.82, 2.24) is 0 Å². The van der Waals surface area contributed by atoms with Gasteiger partial charge >= 0.3 is 11.9 Å². The van der Waals surface area contributed by atoms with Crippen molar-refractivity contribution in [1.29, 1.82) is 0 Å². The van der Waals surface area contributed by atoms with Crippen LogP contribution in [-0.2, 0) is 4.74 Å². The first kappa shape index (κ1) is 22.9. The smallest absolute Gasteiger partial charge is 0.347 e. The number of imide groups is 1. The highest BCUT2D eigenvalue weighted by atomic mass is 16.6. The number of carbonyl (C=O) groups excluding carboxylic acids is 5. The summed E-state index contributed by atoms with van der Waals surface area (Å²) >= 11 is 0. The molecular weight excluding hydrogens is 488 g/mol. The van der Waals surface area contributed by atoms with Gasteiger partial charge in [0.25, 0.3) is 17.7 Å². The minimum Gasteiger partial charge on any atom is -0.457 e. The quantitative estimate of drug-likeness (QED) is 0.235. The fourth-order valence-electron chi connectivity index (χ4n) is 4.27. The Bertz CT molecular complexity index is 1680. The number of rotatable bonds is 5. The SMILES string of the molecule is O=C(Nc1ccc(Oc2ccc3c(c2)C(=O)OC3=O)cc1)c1ccc2c(c1)C(=O)N(c1ccccc1)C2=O. The van der Waals surface area contributed by atoms with Gasteiger partial charge in [0.1, 0.15) is 11.5 Å². The van der Waals surface area contributed by atoms with E-state index in [9.17, 15) is 24.0 Å². The first-order valence-electron chi connectivity index (χ1n) is 11.5. The lowest BCUT2D eigenvalue weighted by Crippen LogP contribution is -2.29. The molecule has 6 rings (SSSR count). The molecule has 0 fully saturated rings. The molecule has 2 aliphatic rings. The summed E-state index contributed by atoms with van der Waals surface area (Å²) in [5.41, 5.74) is 1.87. The number of cyclic esters (lactones) is 2. The summed E-state index contributed by atoms with van der Waals surface area (Å²) in [7, 11) is 0. The Morgan fingerprint density at radius 3 is 2.08 bits per heavy atom. The summed E-state index contributed by atoms with van der Waals surface area (Å²) in [5.74, 6) is -2.02. The fraction of sp³-hybridized carbons (Fsp3) is 0. The van der Waals surface area contributed by atoms with Gasteiger partial charge < -0.3 is 14.8 Å². The predicted octanol–water partition coefficient (Wildman–Crippen LogP) is 4.84. The Morgan fingerprint density at radius 2 is 1.32 bits per heavy atom. The number of amides is 3. The number of nitrogens with one attached hydrogen (secondary N) is 1. The number of nitrogens with zero attached hydrogens (tertiary/aromatic N) is 1. The molecule has 0 unspecified atom stereocenters. The van der Waals surface area contributed by atoms with Crippen LogP contribution < -0.4 is 15.0 Å². The van der Waals surface area contributed by atoms with Gasteiger partial charge in [0.2, 0.25) is 0 Å². The van der Waals surface area contributed by atoms with E-state index in [1.165, 1.54) is 30.3 Å². The molecule has 38 heavy (non-hydrogen) atoms. The molecule has 2 heterocycles. The van der Waals surface area contributed by atoms with E-state index in [4.69, 9.17) is 4.74 Å². The zero-order chi connectivity index (χ0) is 26.4. The van der Waals surface area contributed by atoms with Crippen molar-refractivity contribution in [3.63, 3.8) is 0 Å². The van der Waals surface area contributed by atoms with Crippen molar-refractivity contribution in [2.45, 2.75) is 0 Å². The molecule has 2 aliphatic heterocycles. The van der Waals surface area contributed by atoms with Gasteiger partial charge in [-0.05, 0) is 72.8 Å². The van der Waals surface area contributed by atoms with E-state index in [0.29, 0.717) is 22.9 Å². The van der Waals surface area contributed by atoms with Crippen molar-refractivity contribution >= 4 is 41.0 Å². The number of anilines is 2. The molecule has 0 radical (unpaired) electrons. The molecule has 4 aromatic carbocycles. The van der Waals surface area contributed by atoms with Crippen molar-refractivity contribution < 1.29 is 33.4 Å². The van der Waals surface area contributed by atoms with Crippen LogP contribution in [0.5, 0.6) is 11.5 Å². The molecule has 0 spiro atoms. The second-order valence-corrected chi connectivity index (χ2v) is 8.51. The molecule has 0 aromatic heterocycles. The van der Waals surface area contributed by atoms with Crippen LogP contribution in [0.4, 0.5) is 11.4 Å². The first-order chi connectivity index (χ1) is 18.4. The second-order valence-electron chi connectivity index (χ2n) is 8.51. The van der Waals surface area contributed by atoms with E-state index in [0.717, 1.165) is 4.90 Å². The Hall–Kier alpha value is -5.57. The standard InChI is InChI=1S/C29H16N2O7/c32-25(16-6-12-21-23(14-16)27(34)31(26(21)33)18-4-2-1-3-5-18)30-17-7-9-19(10-8-17)37-20-11-13-22-24(15-20)29(36)38-28(22)35/h1-15H,(H,30,32). The number of para-hydroxylation sites is 1. The predicted molar refractivity (Wildman–Crippen MR) is 135 cm³/mol. The van der Waals surface area contributed by atoms with Crippen LogP contribution >= 0.6 is 0 Å². The minimum atomic E-state index is -0.723. The molecule has 0 aliphatic carbocycles. The average Bonchev–Trinajstić information content (AvgIpc) is 3.36. The molecule has 9 heteroatoms. The van der Waals surface area contributed by atoms with Crippen LogP contribution in [0.25, 0.3) is 0 Å². The van der Waals surface area contributed by atoms with Gasteiger partial charge in [-0.25, -0.2) is 14.5 Å². The number of benzene rings is 4. The van der Waals surface area contributed by atoms with Crippen LogP contribution in [0, 0.1) is 0 Å². The first-order valence-corrected chi connectivity index (χ1v) is 11.5. The molecule has 9 nitrogen and oxygen atoms in total. The molecule has 0 saturated heterocycles. The molecule has 0 saturated carbocycles. The lowest BCUT2D eigenvalue weighted by Gasteiger charge is -2.13. The van der Waals surface area contributed by atoms with E-state index in [-0.39, 0.29) is 27.8 Å². The van der Waals surface area contributed by atoms with Crippen LogP contribution in [0.1, 0.15) is 51.8 Å². The van der Waals surface area contributed by atoms with Gasteiger partial charge in [-0.1, -0.05) is 18.2 Å². The summed E-state index contributed by atoms with van der Waals surface area (Å²) in [6.07, 6.45) is 0. The average molecular weight is 504 g/mol. The van der Waals surface area contributed by atoms with Crippen molar-refractivity contribution in [2.75, 3.05) is 10.2 Å². The largest absolute Gasteiger partial charge is 0.457 e. The van der Waals surface area contributed by atoms with Crippen LogP contribution in [0.15, 0.2) is 91.0 Å². The Kier molecular flexibility index (Phi) is 5.31. The highest BCUT2D eigenvalue weighted by Crippen LogP contribution is 2.30. The van der Waals surface area contributed by atoms with Gasteiger partial charge in [-0.15, -0.1) is 0 Å². The number of hydrogen-bond acceptors (Lipinski definition) is 7. The molecule has 4 aromatic rings. The lowest BCUT2D eigenvalue weighted by molar-refractivity contribution is 0.0443. The highest BCUT2D eigenvalue weighted by Gasteiger charge is 2.37. The molecule has 184 valence electrons. The summed E-state index contributed by atoms with van der Waals surface area (Å²) in [4.78, 5) is 63.0. The molecular formula is C29H16N2O7. The van der Waals surface area contributed by atoms with Crippen LogP contribution in [-0.4, -0.2) is 29.7 Å². The summed E-state index contributed by atoms with van der Waals surface area (Å²) in [6, 6.07) is 23.9. The van der Waals surface area contributed by atoms with E-state index < -0.39 is 29.7 Å². The van der Waals surface area contributed by atoms with Gasteiger partial charge in [0.15, 0.2) is 0 Å². The lowest BCUT2D eigenvalue weighted by atomic mass is 10.1. The second kappa shape index (κ2) is 8.82. The summed E-state index contributed by atoms with van der Waals surface area (Å²) in [6.45, 7) is 0. The van der Waals surface area contributed by atoms with Gasteiger partial charge in [-0.3, -0.25) is 14.4 Å². The van der Waals surface area contributed by atoms with Crippen molar-refractivity contribution in [3.8, 4) is 11.5 Å². The minimum absolute atomic E-state index is 0.137. The number of esters is 2. The van der Waals surface area contributed by atoms with Gasteiger partial charge in [0, 0.05) is 11.3 Å². The maximum atomic E-state index is 12.9. The zero-order valence-electron chi connectivity index (χ0n) is 19.5. The summed E-state index contributed by atoms with van der Waals surface area (Å²) in [5, 5.41) is 2.75. The number of carbonyl (C=O) groups is 5. The van der Waals surface area contributed by atoms with E-state index >= 15 is 0 Å². The zero-order valence-corrected chi connectivity index (χ0v) is 19.5. The number of hydrogen-bond donors (Lipinski definition) is 1. The third kappa shape index (κ3) is 3.88. The third-order valence-electron chi connectivity index (χ3n) is 6.13. The Labute approximate surface area is 215 Å². The van der Waals surface area contributed by atoms with Crippen molar-refractivity contribution in [2.24, 2.45) is 0 Å². The van der Waals surface area contributed by atoms with Crippen LogP contribution in [0.2, 0.25) is 0 Å². The fourth-order valence-corrected chi connectivity index (χ4v) is 4.27. The van der Waals surface area contributed by atoms with Gasteiger partial charge in [0.05, 0.1) is 27.9 Å². The maximum absolute atomic E-state index is 12.9. The van der Waals surface area contributed by atoms with Crippen LogP contribution in [0.3, 0.4) is 0 Å². The maximum Gasteiger partial charge on any atom is 0.347 e. The van der Waals surface area contributed by atoms with E-state index in [1.54, 1.807) is 60.7 Å². The summed E-state index contributed by atoms with van der Waals surface area (Å²) < 4.78 is 10.3.